The van der Waals surface area contributed by atoms with E-state index in [0.29, 0.717) is 5.92 Å². The fraction of sp³-hybridized carbons (Fsp3) is 0.333. The third kappa shape index (κ3) is 2.81. The van der Waals surface area contributed by atoms with Gasteiger partial charge in [0, 0.05) is 13.0 Å². The average Bonchev–Trinajstić information content (AvgIpc) is 3.24. The third-order valence-corrected chi connectivity index (χ3v) is 6.69. The molecule has 1 aliphatic rings. The monoisotopic (exact) mass is 362 g/mol. The van der Waals surface area contributed by atoms with Gasteiger partial charge in [-0.15, -0.1) is 11.3 Å². The third-order valence-electron chi connectivity index (χ3n) is 5.49. The maximum atomic E-state index is 4.87. The van der Waals surface area contributed by atoms with Crippen molar-refractivity contribution in [3.8, 4) is 0 Å². The molecule has 5 heteroatoms. The Morgan fingerprint density at radius 2 is 1.69 bits per heavy atom. The zero-order chi connectivity index (χ0) is 17.5. The standard InChI is InChI=1S/C21H22N4S/c1-24-18-8-4-2-6-16(18)22-20(24)14-25-12-10-15(11-13-25)21-23-17-7-3-5-9-19(17)26-21/h2-9,15H,10-14H2,1H3. The van der Waals surface area contributed by atoms with E-state index in [0.717, 1.165) is 36.5 Å². The molecule has 132 valence electrons. The van der Waals surface area contributed by atoms with Gasteiger partial charge in [0.15, 0.2) is 0 Å². The lowest BCUT2D eigenvalue weighted by molar-refractivity contribution is 0.199. The molecule has 0 radical (unpaired) electrons. The van der Waals surface area contributed by atoms with E-state index in [1.807, 2.05) is 11.3 Å². The lowest BCUT2D eigenvalue weighted by atomic mass is 9.97. The molecule has 1 aliphatic heterocycles. The molecule has 0 aliphatic carbocycles. The van der Waals surface area contributed by atoms with Crippen molar-refractivity contribution in [2.24, 2.45) is 7.05 Å². The molecule has 4 nitrogen and oxygen atoms in total. The topological polar surface area (TPSA) is 34.0 Å². The highest BCUT2D eigenvalue weighted by Crippen LogP contribution is 2.34. The molecule has 5 rings (SSSR count). The van der Waals surface area contributed by atoms with Crippen molar-refractivity contribution in [2.75, 3.05) is 13.1 Å². The van der Waals surface area contributed by atoms with Crippen LogP contribution in [0.4, 0.5) is 0 Å². The van der Waals surface area contributed by atoms with Crippen molar-refractivity contribution in [3.05, 3.63) is 59.4 Å². The highest BCUT2D eigenvalue weighted by molar-refractivity contribution is 7.18. The number of aromatic nitrogens is 3. The Labute approximate surface area is 157 Å². The number of aryl methyl sites for hydroxylation is 1. The van der Waals surface area contributed by atoms with Crippen LogP contribution >= 0.6 is 11.3 Å². The Morgan fingerprint density at radius 1 is 0.962 bits per heavy atom. The fourth-order valence-corrected chi connectivity index (χ4v) is 5.08. The smallest absolute Gasteiger partial charge is 0.123 e. The molecule has 2 aromatic carbocycles. The van der Waals surface area contributed by atoms with Crippen molar-refractivity contribution in [1.82, 2.24) is 19.4 Å². The molecule has 0 saturated carbocycles. The second-order valence-electron chi connectivity index (χ2n) is 7.15. The predicted octanol–water partition coefficient (Wildman–Crippen LogP) is 4.56. The van der Waals surface area contributed by atoms with Gasteiger partial charge in [-0.25, -0.2) is 9.97 Å². The van der Waals surface area contributed by atoms with Gasteiger partial charge < -0.3 is 4.57 Å². The van der Waals surface area contributed by atoms with E-state index >= 15 is 0 Å². The second-order valence-corrected chi connectivity index (χ2v) is 8.21. The van der Waals surface area contributed by atoms with E-state index in [1.165, 1.54) is 28.1 Å². The minimum atomic E-state index is 0.601. The Hall–Kier alpha value is -2.24. The number of rotatable bonds is 3. The summed E-state index contributed by atoms with van der Waals surface area (Å²) in [6.07, 6.45) is 2.37. The maximum absolute atomic E-state index is 4.87. The minimum Gasteiger partial charge on any atom is -0.330 e. The SMILES string of the molecule is Cn1c(CN2CCC(c3nc4ccccc4s3)CC2)nc2ccccc21. The summed E-state index contributed by atoms with van der Waals surface area (Å²) in [6, 6.07) is 16.9. The first-order valence-electron chi connectivity index (χ1n) is 9.26. The number of piperidine rings is 1. The molecule has 0 unspecified atom stereocenters. The summed E-state index contributed by atoms with van der Waals surface area (Å²) in [5.41, 5.74) is 3.45. The Kier molecular flexibility index (Phi) is 3.98. The predicted molar refractivity (Wildman–Crippen MR) is 108 cm³/mol. The molecule has 1 saturated heterocycles. The second kappa shape index (κ2) is 6.49. The summed E-state index contributed by atoms with van der Waals surface area (Å²) in [4.78, 5) is 12.2. The van der Waals surface area contributed by atoms with E-state index in [2.05, 4.69) is 65.0 Å². The number of likely N-dealkylation sites (tertiary alicyclic amines) is 1. The van der Waals surface area contributed by atoms with Crippen LogP contribution < -0.4 is 0 Å². The Bertz CT molecular complexity index is 1020. The normalized spacial score (nSPS) is 16.7. The van der Waals surface area contributed by atoms with E-state index in [1.54, 1.807) is 0 Å². The van der Waals surface area contributed by atoms with Crippen LogP contribution in [0, 0.1) is 0 Å². The maximum Gasteiger partial charge on any atom is 0.123 e. The molecule has 1 fully saturated rings. The number of nitrogens with zero attached hydrogens (tertiary/aromatic N) is 4. The zero-order valence-corrected chi connectivity index (χ0v) is 15.7. The van der Waals surface area contributed by atoms with Crippen LogP contribution in [-0.2, 0) is 13.6 Å². The largest absolute Gasteiger partial charge is 0.330 e. The van der Waals surface area contributed by atoms with Gasteiger partial charge in [0.25, 0.3) is 0 Å². The van der Waals surface area contributed by atoms with Gasteiger partial charge in [-0.2, -0.15) is 0 Å². The molecule has 0 bridgehead atoms. The van der Waals surface area contributed by atoms with E-state index < -0.39 is 0 Å². The van der Waals surface area contributed by atoms with Crippen molar-refractivity contribution in [2.45, 2.75) is 25.3 Å². The summed E-state index contributed by atoms with van der Waals surface area (Å²) in [6.45, 7) is 3.16. The number of benzene rings is 2. The highest BCUT2D eigenvalue weighted by atomic mass is 32.1. The van der Waals surface area contributed by atoms with E-state index in [4.69, 9.17) is 9.97 Å². The molecule has 0 amide bonds. The van der Waals surface area contributed by atoms with Gasteiger partial charge in [0.05, 0.1) is 32.8 Å². The number of hydrogen-bond acceptors (Lipinski definition) is 4. The number of hydrogen-bond donors (Lipinski definition) is 0. The Morgan fingerprint density at radius 3 is 2.46 bits per heavy atom. The first-order valence-corrected chi connectivity index (χ1v) is 10.1. The summed E-state index contributed by atoms with van der Waals surface area (Å²) >= 11 is 1.87. The summed E-state index contributed by atoms with van der Waals surface area (Å²) < 4.78 is 3.54. The lowest BCUT2D eigenvalue weighted by Crippen LogP contribution is -2.33. The van der Waals surface area contributed by atoms with Gasteiger partial charge in [-0.1, -0.05) is 24.3 Å². The number of imidazole rings is 1. The van der Waals surface area contributed by atoms with Crippen molar-refractivity contribution in [3.63, 3.8) is 0 Å². The fourth-order valence-electron chi connectivity index (χ4n) is 3.94. The van der Waals surface area contributed by atoms with Crippen LogP contribution in [0.25, 0.3) is 21.3 Å². The molecular formula is C21H22N4S. The van der Waals surface area contributed by atoms with Crippen LogP contribution in [0.2, 0.25) is 0 Å². The molecule has 26 heavy (non-hydrogen) atoms. The van der Waals surface area contributed by atoms with Crippen LogP contribution in [0.1, 0.15) is 29.6 Å². The molecule has 3 heterocycles. The number of fused-ring (bicyclic) bond motifs is 2. The minimum absolute atomic E-state index is 0.601. The van der Waals surface area contributed by atoms with E-state index in [-0.39, 0.29) is 0 Å². The molecule has 0 spiro atoms. The number of thiazole rings is 1. The van der Waals surface area contributed by atoms with Crippen LogP contribution in [-0.4, -0.2) is 32.5 Å². The zero-order valence-electron chi connectivity index (χ0n) is 14.9. The van der Waals surface area contributed by atoms with Crippen molar-refractivity contribution >= 4 is 32.6 Å². The molecule has 4 aromatic rings. The van der Waals surface area contributed by atoms with Crippen molar-refractivity contribution in [1.29, 1.82) is 0 Å². The van der Waals surface area contributed by atoms with Gasteiger partial charge in [0.2, 0.25) is 0 Å². The quantitative estimate of drug-likeness (QED) is 0.536. The number of para-hydroxylation sites is 3. The van der Waals surface area contributed by atoms with E-state index in [9.17, 15) is 0 Å². The van der Waals surface area contributed by atoms with Gasteiger partial charge in [-0.05, 0) is 50.2 Å². The average molecular weight is 363 g/mol. The molecule has 2 aromatic heterocycles. The Balaban J connectivity index is 1.28. The summed E-state index contributed by atoms with van der Waals surface area (Å²) in [5.74, 6) is 1.76. The molecular weight excluding hydrogens is 340 g/mol. The highest BCUT2D eigenvalue weighted by Gasteiger charge is 2.24. The van der Waals surface area contributed by atoms with Crippen LogP contribution in [0.15, 0.2) is 48.5 Å². The molecule has 0 N–H and O–H groups in total. The molecule has 0 atom stereocenters. The summed E-state index contributed by atoms with van der Waals surface area (Å²) in [5, 5.41) is 1.31. The van der Waals surface area contributed by atoms with Crippen molar-refractivity contribution < 1.29 is 0 Å². The lowest BCUT2D eigenvalue weighted by Gasteiger charge is -2.30. The van der Waals surface area contributed by atoms with Gasteiger partial charge >= 0.3 is 0 Å². The van der Waals surface area contributed by atoms with Gasteiger partial charge in [0.1, 0.15) is 5.82 Å². The summed E-state index contributed by atoms with van der Waals surface area (Å²) in [7, 11) is 2.12. The first-order chi connectivity index (χ1) is 12.8. The van der Waals surface area contributed by atoms with Gasteiger partial charge in [-0.3, -0.25) is 4.90 Å². The van der Waals surface area contributed by atoms with Crippen LogP contribution in [0.5, 0.6) is 0 Å². The first kappa shape index (κ1) is 16.0. The van der Waals surface area contributed by atoms with Crippen LogP contribution in [0.3, 0.4) is 0 Å².